The first-order valence-electron chi connectivity index (χ1n) is 10.2. The molecule has 0 spiro atoms. The van der Waals surface area contributed by atoms with E-state index < -0.39 is 46.2 Å². The normalized spacial score (nSPS) is 50.2. The lowest BCUT2D eigenvalue weighted by Crippen LogP contribution is -2.65. The minimum Gasteiger partial charge on any atom is -0.508 e. The van der Waals surface area contributed by atoms with Crippen molar-refractivity contribution in [3.8, 4) is 0 Å². The van der Waals surface area contributed by atoms with Gasteiger partial charge in [0.15, 0.2) is 11.6 Å². The molecule has 3 fully saturated rings. The molecule has 0 aromatic rings. The Labute approximate surface area is 164 Å². The minimum atomic E-state index is -1.79. The first-order chi connectivity index (χ1) is 13.0. The number of aliphatic hydroxyl groups excluding tert-OH is 2. The fourth-order valence-electron chi connectivity index (χ4n) is 7.26. The maximum atomic E-state index is 16.8. The lowest BCUT2D eigenvalue weighted by molar-refractivity contribution is -0.188. The van der Waals surface area contributed by atoms with Crippen molar-refractivity contribution in [2.24, 2.45) is 28.6 Å². The van der Waals surface area contributed by atoms with E-state index >= 15 is 4.39 Å². The Balaban J connectivity index is 1.80. The molecule has 0 amide bonds. The number of alkyl halides is 1. The first kappa shape index (κ1) is 19.8. The molecule has 4 rings (SSSR count). The molecule has 4 aliphatic carbocycles. The number of hydrogen-bond acceptors (Lipinski definition) is 5. The number of Topliss-reactive ketones (excluding diaryl/α,β-unsaturated/α-hetero) is 1. The highest BCUT2D eigenvalue weighted by Gasteiger charge is 2.74. The number of halogens is 1. The number of carbonyl (C=O) groups excluding carboxylic acids is 2. The maximum Gasteiger partial charge on any atom is 0.190 e. The predicted molar refractivity (Wildman–Crippen MR) is 100 cm³/mol. The minimum absolute atomic E-state index is 0.0621. The second-order valence-corrected chi connectivity index (χ2v) is 9.74. The van der Waals surface area contributed by atoms with Gasteiger partial charge in [-0.05, 0) is 68.4 Å². The zero-order valence-electron chi connectivity index (χ0n) is 16.7. The second-order valence-electron chi connectivity index (χ2n) is 9.74. The molecule has 0 radical (unpaired) electrons. The van der Waals surface area contributed by atoms with E-state index in [1.807, 2.05) is 6.92 Å². The quantitative estimate of drug-likeness (QED) is 0.672. The molecule has 6 heteroatoms. The van der Waals surface area contributed by atoms with Crippen molar-refractivity contribution in [1.82, 2.24) is 0 Å². The Bertz CT molecular complexity index is 818. The van der Waals surface area contributed by atoms with Crippen LogP contribution in [-0.4, -0.2) is 44.8 Å². The third-order valence-corrected chi connectivity index (χ3v) is 8.95. The van der Waals surface area contributed by atoms with Crippen molar-refractivity contribution >= 4 is 11.6 Å². The van der Waals surface area contributed by atoms with Crippen molar-refractivity contribution in [3.63, 3.8) is 0 Å². The van der Waals surface area contributed by atoms with Crippen molar-refractivity contribution in [1.29, 1.82) is 0 Å². The highest BCUT2D eigenvalue weighted by molar-refractivity contribution is 6.00. The van der Waals surface area contributed by atoms with Gasteiger partial charge in [-0.3, -0.25) is 9.59 Å². The Morgan fingerprint density at radius 3 is 2.57 bits per heavy atom. The zero-order chi connectivity index (χ0) is 20.7. The summed E-state index contributed by atoms with van der Waals surface area (Å²) in [7, 11) is 0. The van der Waals surface area contributed by atoms with Crippen molar-refractivity contribution in [2.75, 3.05) is 6.61 Å². The molecule has 3 saturated carbocycles. The number of allylic oxidation sites excluding steroid dienone is 3. The molecule has 0 aliphatic heterocycles. The smallest absolute Gasteiger partial charge is 0.190 e. The van der Waals surface area contributed by atoms with Gasteiger partial charge in [-0.15, -0.1) is 0 Å². The largest absolute Gasteiger partial charge is 0.508 e. The average molecular weight is 392 g/mol. The third-order valence-electron chi connectivity index (χ3n) is 8.95. The van der Waals surface area contributed by atoms with Crippen LogP contribution >= 0.6 is 0 Å². The number of aliphatic hydroxyl groups is 3. The first-order valence-corrected chi connectivity index (χ1v) is 10.2. The number of carbonyl (C=O) groups is 2. The molecule has 0 bridgehead atoms. The standard InChI is InChI=1S/C22H29FO5/c1-12-8-16-15-5-4-13-9-14(25)10-17(26)20(13,3)21(15,23)7-6-19(16,2)22(12,28)18(27)11-24/h9-10,12,15-16,24-25,28H,4-8,11H2,1-3H3/t12-,15-,16-,19-,20?,21?,22-/m0/s1. The number of hydrogen-bond donors (Lipinski definition) is 3. The van der Waals surface area contributed by atoms with Gasteiger partial charge in [0.1, 0.15) is 23.6 Å². The molecule has 0 aromatic heterocycles. The summed E-state index contributed by atoms with van der Waals surface area (Å²) in [5, 5.41) is 30.7. The monoisotopic (exact) mass is 392 g/mol. The summed E-state index contributed by atoms with van der Waals surface area (Å²) in [5.41, 5.74) is -5.00. The molecule has 0 aromatic carbocycles. The van der Waals surface area contributed by atoms with Crippen LogP contribution in [0.2, 0.25) is 0 Å². The molecule has 0 saturated heterocycles. The van der Waals surface area contributed by atoms with Crippen molar-refractivity contribution < 1.29 is 29.3 Å². The molecule has 7 atom stereocenters. The summed E-state index contributed by atoms with van der Waals surface area (Å²) in [6.45, 7) is 4.54. The summed E-state index contributed by atoms with van der Waals surface area (Å²) in [6.07, 6.45) is 4.47. The van der Waals surface area contributed by atoms with Gasteiger partial charge < -0.3 is 15.3 Å². The highest BCUT2D eigenvalue weighted by Crippen LogP contribution is 2.70. The number of rotatable bonds is 2. The molecule has 5 nitrogen and oxygen atoms in total. The lowest BCUT2D eigenvalue weighted by Gasteiger charge is -2.60. The average Bonchev–Trinajstić information content (AvgIpc) is 2.85. The van der Waals surface area contributed by atoms with E-state index in [9.17, 15) is 24.9 Å². The number of ketones is 2. The Morgan fingerprint density at radius 1 is 1.25 bits per heavy atom. The Hall–Kier alpha value is -1.53. The van der Waals surface area contributed by atoms with Gasteiger partial charge in [0.25, 0.3) is 0 Å². The molecular weight excluding hydrogens is 363 g/mol. The summed E-state index contributed by atoms with van der Waals surface area (Å²) < 4.78 is 16.8. The van der Waals surface area contributed by atoms with Crippen LogP contribution in [0.4, 0.5) is 4.39 Å². The molecule has 4 aliphatic rings. The predicted octanol–water partition coefficient (Wildman–Crippen LogP) is 2.81. The SMILES string of the molecule is C[C@H]1C[C@H]2[C@@H]3CCC4=CC(O)=CC(=O)C4(C)C3(F)CC[C@]2(C)[C@@]1(O)C(=O)CO. The van der Waals surface area contributed by atoms with Crippen LogP contribution in [0.25, 0.3) is 0 Å². The van der Waals surface area contributed by atoms with Crippen LogP contribution < -0.4 is 0 Å². The van der Waals surface area contributed by atoms with E-state index in [0.29, 0.717) is 24.8 Å². The van der Waals surface area contributed by atoms with Gasteiger partial charge in [0.05, 0.1) is 5.41 Å². The van der Waals surface area contributed by atoms with Crippen LogP contribution in [-0.2, 0) is 9.59 Å². The summed E-state index contributed by atoms with van der Waals surface area (Å²) in [6, 6.07) is 0. The van der Waals surface area contributed by atoms with Crippen LogP contribution in [0, 0.1) is 28.6 Å². The lowest BCUT2D eigenvalue weighted by atomic mass is 9.45. The molecule has 0 heterocycles. The topological polar surface area (TPSA) is 94.8 Å². The van der Waals surface area contributed by atoms with Gasteiger partial charge in [-0.2, -0.15) is 0 Å². The van der Waals surface area contributed by atoms with Gasteiger partial charge >= 0.3 is 0 Å². The van der Waals surface area contributed by atoms with E-state index in [-0.39, 0.29) is 30.4 Å². The molecule has 3 N–H and O–H groups in total. The van der Waals surface area contributed by atoms with Crippen LogP contribution in [0.1, 0.15) is 52.9 Å². The van der Waals surface area contributed by atoms with Crippen molar-refractivity contribution in [3.05, 3.63) is 23.5 Å². The second kappa shape index (κ2) is 5.76. The Kier molecular flexibility index (Phi) is 4.07. The summed E-state index contributed by atoms with van der Waals surface area (Å²) in [4.78, 5) is 25.4. The van der Waals surface area contributed by atoms with E-state index in [1.54, 1.807) is 13.8 Å². The van der Waals surface area contributed by atoms with Crippen molar-refractivity contribution in [2.45, 2.75) is 64.1 Å². The fourth-order valence-corrected chi connectivity index (χ4v) is 7.26. The van der Waals surface area contributed by atoms with E-state index in [1.165, 1.54) is 6.08 Å². The van der Waals surface area contributed by atoms with Crippen LogP contribution in [0.3, 0.4) is 0 Å². The fraction of sp³-hybridized carbons (Fsp3) is 0.727. The molecule has 154 valence electrons. The highest BCUT2D eigenvalue weighted by atomic mass is 19.1. The van der Waals surface area contributed by atoms with Gasteiger partial charge in [-0.1, -0.05) is 13.8 Å². The molecule has 2 unspecified atom stereocenters. The van der Waals surface area contributed by atoms with Gasteiger partial charge in [0, 0.05) is 11.5 Å². The van der Waals surface area contributed by atoms with E-state index in [4.69, 9.17) is 0 Å². The zero-order valence-corrected chi connectivity index (χ0v) is 16.7. The van der Waals surface area contributed by atoms with Gasteiger partial charge in [-0.25, -0.2) is 4.39 Å². The van der Waals surface area contributed by atoms with E-state index in [2.05, 4.69) is 0 Å². The van der Waals surface area contributed by atoms with Crippen LogP contribution in [0.5, 0.6) is 0 Å². The third kappa shape index (κ3) is 1.98. The molecular formula is C22H29FO5. The summed E-state index contributed by atoms with van der Waals surface area (Å²) >= 11 is 0. The molecule has 28 heavy (non-hydrogen) atoms. The Morgan fingerprint density at radius 2 is 1.93 bits per heavy atom. The van der Waals surface area contributed by atoms with Gasteiger partial charge in [0.2, 0.25) is 0 Å². The number of fused-ring (bicyclic) bond motifs is 5. The van der Waals surface area contributed by atoms with E-state index in [0.717, 1.165) is 6.08 Å². The maximum absolute atomic E-state index is 16.8. The van der Waals surface area contributed by atoms with Crippen LogP contribution in [0.15, 0.2) is 23.5 Å². The summed E-state index contributed by atoms with van der Waals surface area (Å²) in [5.74, 6) is -2.24.